The number of phenolic OH excluding ortho intramolecular Hbond substituents is 1. The molecule has 0 aliphatic heterocycles. The van der Waals surface area contributed by atoms with Crippen molar-refractivity contribution in [1.82, 2.24) is 0 Å². The van der Waals surface area contributed by atoms with Gasteiger partial charge in [-0.1, -0.05) is 12.1 Å². The number of benzene rings is 2. The van der Waals surface area contributed by atoms with Gasteiger partial charge >= 0.3 is 6.18 Å². The van der Waals surface area contributed by atoms with E-state index in [4.69, 9.17) is 13.9 Å². The average molecular weight is 440 g/mol. The number of fused-ring (bicyclic) bond motifs is 1. The Morgan fingerprint density at radius 2 is 1.68 bits per heavy atom. The van der Waals surface area contributed by atoms with Gasteiger partial charge in [0.2, 0.25) is 11.2 Å². The van der Waals surface area contributed by atoms with E-state index in [1.165, 1.54) is 43.5 Å². The fourth-order valence-corrected chi connectivity index (χ4v) is 3.22. The summed E-state index contributed by atoms with van der Waals surface area (Å²) < 4.78 is 56.2. The molecule has 31 heavy (non-hydrogen) atoms. The highest BCUT2D eigenvalue weighted by Crippen LogP contribution is 2.44. The van der Waals surface area contributed by atoms with Crippen LogP contribution in [0.15, 0.2) is 51.7 Å². The number of aromatic hydroxyl groups is 1. The Balaban J connectivity index is 2.25. The van der Waals surface area contributed by atoms with E-state index in [0.29, 0.717) is 5.75 Å². The zero-order chi connectivity index (χ0) is 23.0. The number of rotatable bonds is 6. The molecule has 0 bridgehead atoms. The first-order chi connectivity index (χ1) is 14.5. The Hall–Kier alpha value is -3.24. The van der Waals surface area contributed by atoms with Gasteiger partial charge in [-0.3, -0.25) is 4.79 Å². The van der Waals surface area contributed by atoms with E-state index < -0.39 is 41.2 Å². The fraction of sp³-hybridized carbons (Fsp3) is 0.286. The van der Waals surface area contributed by atoms with E-state index in [2.05, 4.69) is 0 Å². The number of hydrogen-bond acceptors (Lipinski definition) is 7. The topological polar surface area (TPSA) is 109 Å². The third-order valence-corrected chi connectivity index (χ3v) is 4.88. The second-order valence-corrected chi connectivity index (χ2v) is 6.84. The second-order valence-electron chi connectivity index (χ2n) is 6.84. The van der Waals surface area contributed by atoms with E-state index in [-0.39, 0.29) is 22.3 Å². The normalized spacial score (nSPS) is 13.3. The maximum absolute atomic E-state index is 13.6. The summed E-state index contributed by atoms with van der Waals surface area (Å²) in [5.74, 6) is -7.61. The lowest BCUT2D eigenvalue weighted by Gasteiger charge is -2.32. The molecule has 0 aliphatic carbocycles. The predicted molar refractivity (Wildman–Crippen MR) is 103 cm³/mol. The van der Waals surface area contributed by atoms with Gasteiger partial charge in [0, 0.05) is 6.07 Å². The molecule has 3 aromatic rings. The average Bonchev–Trinajstić information content (AvgIpc) is 2.71. The van der Waals surface area contributed by atoms with Crippen LogP contribution in [-0.2, 0) is 6.42 Å². The van der Waals surface area contributed by atoms with Crippen molar-refractivity contribution in [2.24, 2.45) is 0 Å². The number of alkyl halides is 3. The zero-order valence-corrected chi connectivity index (χ0v) is 16.4. The first-order valence-electron chi connectivity index (χ1n) is 8.97. The van der Waals surface area contributed by atoms with Gasteiger partial charge in [-0.25, -0.2) is 0 Å². The van der Waals surface area contributed by atoms with Gasteiger partial charge in [0.05, 0.1) is 25.5 Å². The summed E-state index contributed by atoms with van der Waals surface area (Å²) in [7, 11) is 2.47. The lowest BCUT2D eigenvalue weighted by atomic mass is 9.87. The molecule has 10 heteroatoms. The summed E-state index contributed by atoms with van der Waals surface area (Å²) in [6, 6.07) is 9.31. The van der Waals surface area contributed by atoms with E-state index in [1.807, 2.05) is 0 Å². The van der Waals surface area contributed by atoms with Crippen LogP contribution in [0.1, 0.15) is 17.2 Å². The molecule has 1 unspecified atom stereocenters. The fourth-order valence-electron chi connectivity index (χ4n) is 3.22. The van der Waals surface area contributed by atoms with Crippen molar-refractivity contribution in [3.05, 3.63) is 64.0 Å². The van der Waals surface area contributed by atoms with Gasteiger partial charge in [-0.15, -0.1) is 0 Å². The van der Waals surface area contributed by atoms with Crippen molar-refractivity contribution in [3.63, 3.8) is 0 Å². The van der Waals surface area contributed by atoms with Crippen LogP contribution in [0.25, 0.3) is 11.0 Å². The van der Waals surface area contributed by atoms with Crippen molar-refractivity contribution in [1.29, 1.82) is 0 Å². The van der Waals surface area contributed by atoms with Gasteiger partial charge in [-0.2, -0.15) is 13.2 Å². The van der Waals surface area contributed by atoms with Crippen LogP contribution in [-0.4, -0.2) is 41.5 Å². The van der Waals surface area contributed by atoms with Crippen LogP contribution >= 0.6 is 0 Å². The third-order valence-electron chi connectivity index (χ3n) is 4.88. The van der Waals surface area contributed by atoms with E-state index >= 15 is 0 Å². The number of aliphatic hydroxyl groups is 2. The van der Waals surface area contributed by atoms with Gasteiger partial charge < -0.3 is 29.2 Å². The molecule has 2 aromatic carbocycles. The number of ether oxygens (including phenoxy) is 2. The molecule has 7 nitrogen and oxygen atoms in total. The summed E-state index contributed by atoms with van der Waals surface area (Å²) in [5.41, 5.74) is -0.779. The number of hydrogen-bond donors (Lipinski definition) is 3. The standard InChI is InChI=1S/C21H19F3O7/c1-29-13-6-3-11(4-7-13)9-15(20(27,28)21(22,23)24)18-19(30-2)17(26)14-8-5-12(25)10-16(14)31-18/h3-8,10,15,25,27-28H,9H2,1-2H3. The van der Waals surface area contributed by atoms with Crippen molar-refractivity contribution in [3.8, 4) is 17.2 Å². The molecule has 0 aliphatic rings. The SMILES string of the molecule is COc1ccc(CC(c2oc3cc(O)ccc3c(=O)c2OC)C(O)(O)C(F)(F)F)cc1. The third kappa shape index (κ3) is 4.17. The van der Waals surface area contributed by atoms with Crippen molar-refractivity contribution in [2.45, 2.75) is 24.3 Å². The molecule has 1 atom stereocenters. The molecule has 1 heterocycles. The highest BCUT2D eigenvalue weighted by molar-refractivity contribution is 5.79. The highest BCUT2D eigenvalue weighted by atomic mass is 19.4. The minimum atomic E-state index is -5.48. The van der Waals surface area contributed by atoms with E-state index in [0.717, 1.165) is 13.2 Å². The number of halogens is 3. The quantitative estimate of drug-likeness (QED) is 0.506. The highest BCUT2D eigenvalue weighted by Gasteiger charge is 2.60. The lowest BCUT2D eigenvalue weighted by molar-refractivity contribution is -0.359. The largest absolute Gasteiger partial charge is 0.508 e. The van der Waals surface area contributed by atoms with Crippen molar-refractivity contribution < 1.29 is 42.4 Å². The maximum atomic E-state index is 13.6. The Morgan fingerprint density at radius 3 is 2.23 bits per heavy atom. The van der Waals surface area contributed by atoms with Crippen LogP contribution in [0.2, 0.25) is 0 Å². The Morgan fingerprint density at radius 1 is 1.03 bits per heavy atom. The summed E-state index contributed by atoms with van der Waals surface area (Å²) in [4.78, 5) is 12.8. The first-order valence-corrected chi connectivity index (χ1v) is 8.97. The zero-order valence-electron chi connectivity index (χ0n) is 16.4. The minimum absolute atomic E-state index is 0.0601. The van der Waals surface area contributed by atoms with Gasteiger partial charge in [0.25, 0.3) is 5.79 Å². The minimum Gasteiger partial charge on any atom is -0.508 e. The Kier molecular flexibility index (Phi) is 5.88. The van der Waals surface area contributed by atoms with Crippen LogP contribution in [0.4, 0.5) is 13.2 Å². The molecule has 3 rings (SSSR count). The number of phenols is 1. The van der Waals surface area contributed by atoms with Crippen LogP contribution in [0.3, 0.4) is 0 Å². The van der Waals surface area contributed by atoms with Gasteiger partial charge in [0.1, 0.15) is 17.1 Å². The molecule has 0 radical (unpaired) electrons. The van der Waals surface area contributed by atoms with Crippen molar-refractivity contribution >= 4 is 11.0 Å². The van der Waals surface area contributed by atoms with Gasteiger partial charge in [0.15, 0.2) is 5.76 Å². The molecule has 1 aromatic heterocycles. The summed E-state index contributed by atoms with van der Waals surface area (Å²) in [6.07, 6.45) is -6.05. The van der Waals surface area contributed by atoms with Crippen LogP contribution in [0, 0.1) is 0 Å². The number of methoxy groups -OCH3 is 2. The molecule has 0 spiro atoms. The summed E-state index contributed by atoms with van der Waals surface area (Å²) in [6.45, 7) is 0. The smallest absolute Gasteiger partial charge is 0.443 e. The molecular formula is C21H19F3O7. The molecule has 0 amide bonds. The summed E-state index contributed by atoms with van der Waals surface area (Å²) in [5, 5.41) is 29.8. The van der Waals surface area contributed by atoms with Gasteiger partial charge in [-0.05, 0) is 36.2 Å². The Labute approximate surface area is 173 Å². The van der Waals surface area contributed by atoms with E-state index in [1.54, 1.807) is 0 Å². The first kappa shape index (κ1) is 22.4. The molecule has 0 saturated heterocycles. The van der Waals surface area contributed by atoms with Crippen molar-refractivity contribution in [2.75, 3.05) is 14.2 Å². The molecular weight excluding hydrogens is 421 g/mol. The predicted octanol–water partition coefficient (Wildman–Crippen LogP) is 3.09. The molecule has 166 valence electrons. The lowest BCUT2D eigenvalue weighted by Crippen LogP contribution is -2.51. The summed E-state index contributed by atoms with van der Waals surface area (Å²) >= 11 is 0. The molecule has 0 fully saturated rings. The molecule has 0 saturated carbocycles. The molecule has 3 N–H and O–H groups in total. The Bertz CT molecular complexity index is 1130. The second kappa shape index (κ2) is 8.12. The maximum Gasteiger partial charge on any atom is 0.443 e. The van der Waals surface area contributed by atoms with E-state index in [9.17, 15) is 33.3 Å². The van der Waals surface area contributed by atoms with Crippen LogP contribution < -0.4 is 14.9 Å². The van der Waals surface area contributed by atoms with Crippen LogP contribution in [0.5, 0.6) is 17.2 Å². The monoisotopic (exact) mass is 440 g/mol.